The van der Waals surface area contributed by atoms with E-state index < -0.39 is 18.2 Å². The molecule has 2 unspecified atom stereocenters. The molecule has 0 aromatic carbocycles. The third kappa shape index (κ3) is 6.83. The van der Waals surface area contributed by atoms with E-state index in [0.717, 1.165) is 0 Å². The van der Waals surface area contributed by atoms with Gasteiger partial charge in [0.2, 0.25) is 0 Å². The smallest absolute Gasteiger partial charge is 0.332 e. The summed E-state index contributed by atoms with van der Waals surface area (Å²) in [5, 5.41) is 34.4. The van der Waals surface area contributed by atoms with Gasteiger partial charge in [0.15, 0.2) is 6.10 Å². The van der Waals surface area contributed by atoms with Gasteiger partial charge in [-0.2, -0.15) is 11.8 Å². The summed E-state index contributed by atoms with van der Waals surface area (Å²) in [7, 11) is 0. The first kappa shape index (κ1) is 12.7. The van der Waals surface area contributed by atoms with Crippen molar-refractivity contribution >= 4 is 17.7 Å². The van der Waals surface area contributed by atoms with E-state index in [-0.39, 0.29) is 13.0 Å². The summed E-state index contributed by atoms with van der Waals surface area (Å²) < 4.78 is 0. The summed E-state index contributed by atoms with van der Waals surface area (Å²) in [6.45, 7) is -0.297. The normalized spacial score (nSPS) is 15.3. The average molecular weight is 210 g/mol. The molecule has 0 amide bonds. The minimum Gasteiger partial charge on any atom is -0.479 e. The van der Waals surface area contributed by atoms with E-state index in [2.05, 4.69) is 0 Å². The maximum absolute atomic E-state index is 10.1. The molecule has 0 bridgehead atoms. The summed E-state index contributed by atoms with van der Waals surface area (Å²) in [4.78, 5) is 10.1. The molecule has 0 aromatic heterocycles. The van der Waals surface area contributed by atoms with Gasteiger partial charge in [0.1, 0.15) is 0 Å². The van der Waals surface area contributed by atoms with Crippen molar-refractivity contribution in [2.75, 3.05) is 18.1 Å². The van der Waals surface area contributed by atoms with E-state index in [9.17, 15) is 4.79 Å². The highest BCUT2D eigenvalue weighted by Crippen LogP contribution is 2.06. The predicted molar refractivity (Wildman–Crippen MR) is 48.7 cm³/mol. The number of carboxylic acid groups (broad SMARTS) is 1. The Hall–Kier alpha value is -0.300. The van der Waals surface area contributed by atoms with Gasteiger partial charge in [-0.25, -0.2) is 4.79 Å². The van der Waals surface area contributed by atoms with Crippen LogP contribution >= 0.6 is 11.8 Å². The summed E-state index contributed by atoms with van der Waals surface area (Å²) in [5.74, 6) is -0.434. The number of carbonyl (C=O) groups is 1. The zero-order valence-corrected chi connectivity index (χ0v) is 7.90. The van der Waals surface area contributed by atoms with Crippen LogP contribution in [-0.4, -0.2) is 56.7 Å². The van der Waals surface area contributed by atoms with Gasteiger partial charge >= 0.3 is 5.97 Å². The van der Waals surface area contributed by atoms with Crippen molar-refractivity contribution in [3.8, 4) is 0 Å². The van der Waals surface area contributed by atoms with Crippen LogP contribution in [0.1, 0.15) is 6.42 Å². The molecule has 0 saturated heterocycles. The monoisotopic (exact) mass is 210 g/mol. The highest BCUT2D eigenvalue weighted by Gasteiger charge is 2.12. The zero-order chi connectivity index (χ0) is 10.3. The quantitative estimate of drug-likeness (QED) is 0.399. The zero-order valence-electron chi connectivity index (χ0n) is 7.09. The largest absolute Gasteiger partial charge is 0.479 e. The second-order valence-corrected chi connectivity index (χ2v) is 3.70. The maximum Gasteiger partial charge on any atom is 0.332 e. The van der Waals surface area contributed by atoms with Crippen LogP contribution in [0, 0.1) is 0 Å². The van der Waals surface area contributed by atoms with Crippen LogP contribution in [0.4, 0.5) is 0 Å². The van der Waals surface area contributed by atoms with Crippen molar-refractivity contribution in [2.24, 2.45) is 0 Å². The number of aliphatic hydroxyl groups excluding tert-OH is 3. The van der Waals surface area contributed by atoms with Gasteiger partial charge in [0.25, 0.3) is 0 Å². The Morgan fingerprint density at radius 1 is 1.38 bits per heavy atom. The number of aliphatic carboxylic acids is 1. The highest BCUT2D eigenvalue weighted by atomic mass is 32.2. The molecule has 6 heteroatoms. The lowest BCUT2D eigenvalue weighted by molar-refractivity contribution is -0.146. The van der Waals surface area contributed by atoms with Gasteiger partial charge in [-0.15, -0.1) is 0 Å². The number of aliphatic hydroxyl groups is 3. The van der Waals surface area contributed by atoms with Crippen molar-refractivity contribution in [2.45, 2.75) is 18.6 Å². The minimum absolute atomic E-state index is 0.151. The van der Waals surface area contributed by atoms with Crippen LogP contribution in [0.3, 0.4) is 0 Å². The fourth-order valence-corrected chi connectivity index (χ4v) is 1.52. The molecule has 78 valence electrons. The molecule has 13 heavy (non-hydrogen) atoms. The summed E-state index contributed by atoms with van der Waals surface area (Å²) in [5.41, 5.74) is 0. The number of carboxylic acids is 1. The van der Waals surface area contributed by atoms with Crippen LogP contribution in [0.25, 0.3) is 0 Å². The van der Waals surface area contributed by atoms with Crippen molar-refractivity contribution in [3.05, 3.63) is 0 Å². The first-order valence-electron chi connectivity index (χ1n) is 3.85. The van der Waals surface area contributed by atoms with Crippen molar-refractivity contribution in [1.29, 1.82) is 0 Å². The predicted octanol–water partition coefficient (Wildman–Crippen LogP) is -1.09. The molecule has 0 aliphatic carbocycles. The lowest BCUT2D eigenvalue weighted by Gasteiger charge is -2.07. The molecule has 0 aliphatic heterocycles. The lowest BCUT2D eigenvalue weighted by Crippen LogP contribution is -2.21. The molecular weight excluding hydrogens is 196 g/mol. The Balaban J connectivity index is 3.30. The topological polar surface area (TPSA) is 98.0 Å². The highest BCUT2D eigenvalue weighted by molar-refractivity contribution is 7.99. The Bertz CT molecular complexity index is 152. The van der Waals surface area contributed by atoms with E-state index in [0.29, 0.717) is 11.5 Å². The third-order valence-electron chi connectivity index (χ3n) is 1.34. The van der Waals surface area contributed by atoms with Crippen molar-refractivity contribution < 1.29 is 25.2 Å². The van der Waals surface area contributed by atoms with Crippen LogP contribution in [0.15, 0.2) is 0 Å². The van der Waals surface area contributed by atoms with Gasteiger partial charge < -0.3 is 20.4 Å². The molecule has 0 fully saturated rings. The fraction of sp³-hybridized carbons (Fsp3) is 0.857. The fourth-order valence-electron chi connectivity index (χ4n) is 0.591. The Labute approximate surface area is 80.4 Å². The Morgan fingerprint density at radius 3 is 2.46 bits per heavy atom. The Morgan fingerprint density at radius 2 is 2.00 bits per heavy atom. The van der Waals surface area contributed by atoms with Gasteiger partial charge in [-0.1, -0.05) is 0 Å². The molecule has 0 radical (unpaired) electrons. The second-order valence-electron chi connectivity index (χ2n) is 2.55. The molecule has 0 aromatic rings. The Kier molecular flexibility index (Phi) is 6.97. The van der Waals surface area contributed by atoms with Crippen LogP contribution < -0.4 is 0 Å². The molecular formula is C7H14O5S. The third-order valence-corrected chi connectivity index (χ3v) is 2.49. The number of hydrogen-bond donors (Lipinski definition) is 4. The molecule has 2 atom stereocenters. The van der Waals surface area contributed by atoms with Crippen LogP contribution in [0.2, 0.25) is 0 Å². The van der Waals surface area contributed by atoms with Gasteiger partial charge in [0, 0.05) is 5.75 Å². The first-order chi connectivity index (χ1) is 6.07. The van der Waals surface area contributed by atoms with Crippen LogP contribution in [-0.2, 0) is 4.79 Å². The number of thioether (sulfide) groups is 1. The molecule has 4 N–H and O–H groups in total. The van der Waals surface area contributed by atoms with Gasteiger partial charge in [-0.3, -0.25) is 0 Å². The maximum atomic E-state index is 10.1. The minimum atomic E-state index is -1.33. The van der Waals surface area contributed by atoms with E-state index in [1.165, 1.54) is 11.8 Å². The molecule has 0 heterocycles. The molecule has 0 rings (SSSR count). The second kappa shape index (κ2) is 7.14. The molecule has 0 spiro atoms. The van der Waals surface area contributed by atoms with Crippen molar-refractivity contribution in [1.82, 2.24) is 0 Å². The van der Waals surface area contributed by atoms with E-state index in [1.54, 1.807) is 0 Å². The SMILES string of the molecule is O=C(O)C(O)CCSCC(O)CO. The summed E-state index contributed by atoms with van der Waals surface area (Å²) >= 11 is 1.30. The van der Waals surface area contributed by atoms with E-state index in [4.69, 9.17) is 20.4 Å². The van der Waals surface area contributed by atoms with Gasteiger partial charge in [0.05, 0.1) is 12.7 Å². The van der Waals surface area contributed by atoms with Crippen LogP contribution in [0.5, 0.6) is 0 Å². The van der Waals surface area contributed by atoms with E-state index in [1.807, 2.05) is 0 Å². The molecule has 5 nitrogen and oxygen atoms in total. The van der Waals surface area contributed by atoms with Crippen molar-refractivity contribution in [3.63, 3.8) is 0 Å². The number of rotatable bonds is 7. The lowest BCUT2D eigenvalue weighted by atomic mass is 10.3. The molecule has 0 saturated carbocycles. The standard InChI is InChI=1S/C7H14O5S/c8-3-5(9)4-13-2-1-6(10)7(11)12/h5-6,8-10H,1-4H2,(H,11,12). The summed E-state index contributed by atoms with van der Waals surface area (Å²) in [6.07, 6.45) is -1.95. The van der Waals surface area contributed by atoms with E-state index >= 15 is 0 Å². The first-order valence-corrected chi connectivity index (χ1v) is 5.01. The average Bonchev–Trinajstić information content (AvgIpc) is 2.11. The number of hydrogen-bond acceptors (Lipinski definition) is 5. The summed E-state index contributed by atoms with van der Waals surface area (Å²) in [6, 6.07) is 0. The van der Waals surface area contributed by atoms with Gasteiger partial charge in [-0.05, 0) is 12.2 Å². The molecule has 0 aliphatic rings.